The van der Waals surface area contributed by atoms with Crippen molar-refractivity contribution in [3.8, 4) is 22.6 Å². The zero-order valence-corrected chi connectivity index (χ0v) is 28.0. The Labute approximate surface area is 284 Å². The summed E-state index contributed by atoms with van der Waals surface area (Å²) in [5.41, 5.74) is 4.79. The van der Waals surface area contributed by atoms with E-state index in [1.807, 2.05) is 25.1 Å². The summed E-state index contributed by atoms with van der Waals surface area (Å²) >= 11 is 6.64. The predicted octanol–water partition coefficient (Wildman–Crippen LogP) is 7.61. The second kappa shape index (κ2) is 15.5. The fourth-order valence-electron chi connectivity index (χ4n) is 6.22. The van der Waals surface area contributed by atoms with Gasteiger partial charge in [-0.15, -0.1) is 0 Å². The predicted molar refractivity (Wildman–Crippen MR) is 176 cm³/mol. The summed E-state index contributed by atoms with van der Waals surface area (Å²) in [6, 6.07) is 12.8. The third kappa shape index (κ3) is 7.38. The highest BCUT2D eigenvalue weighted by Gasteiger charge is 2.50. The van der Waals surface area contributed by atoms with Gasteiger partial charge in [0.2, 0.25) is 5.91 Å². The van der Waals surface area contributed by atoms with Crippen LogP contribution in [0, 0.1) is 11.6 Å². The van der Waals surface area contributed by atoms with Crippen LogP contribution in [-0.4, -0.2) is 50.8 Å². The first-order chi connectivity index (χ1) is 23.1. The first-order valence-corrected chi connectivity index (χ1v) is 16.6. The van der Waals surface area contributed by atoms with Crippen molar-refractivity contribution in [2.24, 2.45) is 5.73 Å². The summed E-state index contributed by atoms with van der Waals surface area (Å²) in [6.07, 6.45) is 2.79. The quantitative estimate of drug-likeness (QED) is 0.178. The van der Waals surface area contributed by atoms with Gasteiger partial charge in [0.05, 0.1) is 29.8 Å². The van der Waals surface area contributed by atoms with Crippen molar-refractivity contribution in [3.05, 3.63) is 81.9 Å². The summed E-state index contributed by atoms with van der Waals surface area (Å²) in [7, 11) is 0. The lowest BCUT2D eigenvalue weighted by atomic mass is 9.77. The lowest BCUT2D eigenvalue weighted by Crippen LogP contribution is -2.46. The number of amides is 2. The molecule has 5 rings (SSSR count). The van der Waals surface area contributed by atoms with Crippen molar-refractivity contribution < 1.29 is 42.1 Å². The fourth-order valence-corrected chi connectivity index (χ4v) is 6.47. The molecule has 2 aliphatic heterocycles. The first kappa shape index (κ1) is 35.4. The molecular weight excluding hydrogens is 646 g/mol. The van der Waals surface area contributed by atoms with E-state index in [2.05, 4.69) is 5.32 Å². The number of carbonyl (C=O) groups is 2. The van der Waals surface area contributed by atoms with Gasteiger partial charge in [0, 0.05) is 35.3 Å². The average molecular weight is 687 g/mol. The molecule has 2 heterocycles. The molecule has 0 saturated carbocycles. The number of benzene rings is 3. The van der Waals surface area contributed by atoms with Gasteiger partial charge in [0.1, 0.15) is 18.2 Å². The lowest BCUT2D eigenvalue weighted by Gasteiger charge is -2.34. The van der Waals surface area contributed by atoms with Gasteiger partial charge in [-0.3, -0.25) is 4.79 Å². The van der Waals surface area contributed by atoms with Gasteiger partial charge in [-0.05, 0) is 50.3 Å². The zero-order chi connectivity index (χ0) is 34.4. The number of alkyl carbamates (subject to hydrolysis) is 1. The molecule has 12 heteroatoms. The third-order valence-electron chi connectivity index (χ3n) is 8.75. The van der Waals surface area contributed by atoms with Gasteiger partial charge in [-0.2, -0.15) is 0 Å². The van der Waals surface area contributed by atoms with Crippen molar-refractivity contribution in [2.45, 2.75) is 76.8 Å². The monoisotopic (exact) mass is 686 g/mol. The van der Waals surface area contributed by atoms with Crippen molar-refractivity contribution in [1.29, 1.82) is 0 Å². The van der Waals surface area contributed by atoms with E-state index in [-0.39, 0.29) is 54.2 Å². The number of halogens is 3. The highest BCUT2D eigenvalue weighted by atomic mass is 35.5. The maximum Gasteiger partial charge on any atom is 0.407 e. The Morgan fingerprint density at radius 1 is 1.15 bits per heavy atom. The number of primary amides is 1. The van der Waals surface area contributed by atoms with Crippen LogP contribution in [0.2, 0.25) is 5.02 Å². The molecule has 48 heavy (non-hydrogen) atoms. The third-order valence-corrected chi connectivity index (χ3v) is 9.12. The Balaban J connectivity index is 1.54. The van der Waals surface area contributed by atoms with Crippen molar-refractivity contribution in [1.82, 2.24) is 5.32 Å². The highest BCUT2D eigenvalue weighted by molar-refractivity contribution is 6.34. The van der Waals surface area contributed by atoms with E-state index in [0.29, 0.717) is 24.2 Å². The number of carbonyl (C=O) groups excluding carboxylic acids is 2. The van der Waals surface area contributed by atoms with Crippen LogP contribution in [0.4, 0.5) is 13.6 Å². The number of fused-ring (bicyclic) bond motifs is 1. The van der Waals surface area contributed by atoms with Crippen LogP contribution in [-0.2, 0) is 19.8 Å². The van der Waals surface area contributed by atoms with Crippen LogP contribution in [0.3, 0.4) is 0 Å². The maximum atomic E-state index is 16.6. The Kier molecular flexibility index (Phi) is 11.4. The molecule has 3 aromatic rings. The number of unbranched alkanes of at least 4 members (excludes halogenated alkanes) is 1. The second-order valence-electron chi connectivity index (χ2n) is 12.1. The van der Waals surface area contributed by atoms with Gasteiger partial charge >= 0.3 is 6.09 Å². The summed E-state index contributed by atoms with van der Waals surface area (Å²) in [6.45, 7) is 6.31. The molecule has 9 nitrogen and oxygen atoms in total. The van der Waals surface area contributed by atoms with Crippen LogP contribution in [0.5, 0.6) is 11.5 Å². The van der Waals surface area contributed by atoms with Crippen molar-refractivity contribution in [2.75, 3.05) is 26.4 Å². The van der Waals surface area contributed by atoms with E-state index in [1.165, 1.54) is 12.1 Å². The molecule has 1 unspecified atom stereocenters. The smallest absolute Gasteiger partial charge is 0.407 e. The van der Waals surface area contributed by atoms with Gasteiger partial charge < -0.3 is 34.7 Å². The minimum atomic E-state index is -1.29. The molecule has 2 aliphatic rings. The first-order valence-electron chi connectivity index (χ1n) is 16.3. The van der Waals surface area contributed by atoms with Gasteiger partial charge in [-0.25, -0.2) is 13.6 Å². The number of ether oxygens (including phenoxy) is 5. The highest BCUT2D eigenvalue weighted by Crippen LogP contribution is 2.56. The summed E-state index contributed by atoms with van der Waals surface area (Å²) in [5, 5.41) is 2.36. The van der Waals surface area contributed by atoms with Crippen LogP contribution in [0.1, 0.15) is 80.3 Å². The molecule has 1 saturated heterocycles. The van der Waals surface area contributed by atoms with Crippen molar-refractivity contribution >= 4 is 23.6 Å². The molecular formula is C36H41ClF2N2O7. The fraction of sp³-hybridized carbons (Fsp3) is 0.444. The number of rotatable bonds is 13. The molecule has 0 radical (unpaired) electrons. The van der Waals surface area contributed by atoms with E-state index in [1.54, 1.807) is 26.0 Å². The molecule has 3 aromatic carbocycles. The molecule has 258 valence electrons. The topological polar surface area (TPSA) is 118 Å². The minimum Gasteiger partial charge on any atom is -0.488 e. The molecule has 1 fully saturated rings. The largest absolute Gasteiger partial charge is 0.488 e. The van der Waals surface area contributed by atoms with Crippen LogP contribution < -0.4 is 20.5 Å². The van der Waals surface area contributed by atoms with E-state index in [0.717, 1.165) is 31.7 Å². The van der Waals surface area contributed by atoms with Gasteiger partial charge in [0.15, 0.2) is 23.5 Å². The number of nitrogens with one attached hydrogen (secondary N) is 1. The number of nitrogens with two attached hydrogens (primary N) is 1. The zero-order valence-electron chi connectivity index (χ0n) is 27.3. The molecule has 0 spiro atoms. The minimum absolute atomic E-state index is 0.0300. The molecule has 0 aromatic heterocycles. The summed E-state index contributed by atoms with van der Waals surface area (Å²) in [5.74, 6) is -3.60. The van der Waals surface area contributed by atoms with E-state index in [4.69, 9.17) is 41.0 Å². The maximum absolute atomic E-state index is 16.6. The molecule has 0 bridgehead atoms. The standard InChI is InChI=1S/C36H41ClF2N2O7/c1-4-5-16-45-35(43)41-20-36(23-11-7-6-8-12-23)22(3)29-27(48-36)18-25(38)32(37)31(29)30-24(34(40)42)14-15-26(33(30)39)46-19-21(2)47-28-13-9-10-17-44-28/h6-8,11-12,14-15,18,21-22,28H,4-5,9-10,13,16-17,19-20H2,1-3H3,(H2,40,42)(H,41,43)/t21-,22-,28?,36-/m0/s1. The summed E-state index contributed by atoms with van der Waals surface area (Å²) < 4.78 is 61.4. The Morgan fingerprint density at radius 2 is 1.92 bits per heavy atom. The van der Waals surface area contributed by atoms with Gasteiger partial charge in [-0.1, -0.05) is 62.2 Å². The number of hydrogen-bond donors (Lipinski definition) is 2. The summed E-state index contributed by atoms with van der Waals surface area (Å²) in [4.78, 5) is 25.4. The van der Waals surface area contributed by atoms with Crippen LogP contribution in [0.25, 0.3) is 11.1 Å². The lowest BCUT2D eigenvalue weighted by molar-refractivity contribution is -0.189. The normalized spacial score (nSPS) is 20.8. The molecule has 2 amide bonds. The Morgan fingerprint density at radius 3 is 2.60 bits per heavy atom. The SMILES string of the molecule is CCCCOC(=O)NC[C@]1(c2ccccc2)Oc2cc(F)c(Cl)c(-c3c(C(N)=O)ccc(OC[C@H](C)OC4CCCCO4)c3F)c2[C@@H]1C. The molecule has 3 N–H and O–H groups in total. The van der Waals surface area contributed by atoms with E-state index < -0.39 is 46.3 Å². The van der Waals surface area contributed by atoms with Crippen LogP contribution in [0.15, 0.2) is 48.5 Å². The van der Waals surface area contributed by atoms with Crippen LogP contribution >= 0.6 is 11.6 Å². The van der Waals surface area contributed by atoms with Gasteiger partial charge in [0.25, 0.3) is 0 Å². The van der Waals surface area contributed by atoms with Crippen molar-refractivity contribution in [3.63, 3.8) is 0 Å². The Bertz CT molecular complexity index is 1620. The number of hydrogen-bond acceptors (Lipinski definition) is 7. The molecule has 4 atom stereocenters. The van der Waals surface area contributed by atoms with E-state index >= 15 is 8.78 Å². The molecule has 0 aliphatic carbocycles. The average Bonchev–Trinajstić information content (AvgIpc) is 3.36. The Hall–Kier alpha value is -3.93. The second-order valence-corrected chi connectivity index (χ2v) is 12.5. The van der Waals surface area contributed by atoms with E-state index in [9.17, 15) is 9.59 Å².